The number of ether oxygens (including phenoxy) is 3. The Hall–Kier alpha value is -0.690. The van der Waals surface area contributed by atoms with Gasteiger partial charge in [0.15, 0.2) is 5.79 Å². The molecule has 2 heterocycles. The van der Waals surface area contributed by atoms with Crippen LogP contribution in [0.4, 0.5) is 0 Å². The summed E-state index contributed by atoms with van der Waals surface area (Å²) in [5.74, 6) is -0.657. The molecule has 0 amide bonds. The summed E-state index contributed by atoms with van der Waals surface area (Å²) in [5, 5.41) is 17.2. The minimum Gasteiger partial charge on any atom is -0.400 e. The highest BCUT2D eigenvalue weighted by Crippen LogP contribution is 2.37. The average Bonchev–Trinajstić information content (AvgIpc) is 2.83. The van der Waals surface area contributed by atoms with Crippen LogP contribution in [0, 0.1) is 0 Å². The quantitative estimate of drug-likeness (QED) is 0.881. The van der Waals surface area contributed by atoms with Gasteiger partial charge in [-0.2, -0.15) is 0 Å². The third-order valence-corrected chi connectivity index (χ3v) is 4.29. The Kier molecular flexibility index (Phi) is 6.42. The molecular formula is C17H25ClO5. The Morgan fingerprint density at radius 2 is 1.91 bits per heavy atom. The average molecular weight is 345 g/mol. The standard InChI is InChI=1S/C16H21ClO4.CH4O/c1-16(2)20-14(15(9-18)21-16)8-13-12-4-3-11(17)7-10(12)5-6-19-13;1-2/h3-4,7,13-15,18H,5-6,8-9H2,1-2H3;2H,1H3. The normalized spacial score (nSPS) is 28.7. The van der Waals surface area contributed by atoms with Crippen molar-refractivity contribution >= 4 is 11.6 Å². The maximum Gasteiger partial charge on any atom is 0.163 e. The fourth-order valence-corrected chi connectivity index (χ4v) is 3.37. The lowest BCUT2D eigenvalue weighted by Crippen LogP contribution is -2.30. The predicted molar refractivity (Wildman–Crippen MR) is 87.5 cm³/mol. The van der Waals surface area contributed by atoms with Gasteiger partial charge in [0.05, 0.1) is 25.4 Å². The molecule has 1 fully saturated rings. The molecule has 2 N–H and O–H groups in total. The third kappa shape index (κ3) is 4.44. The molecule has 0 radical (unpaired) electrons. The molecule has 5 nitrogen and oxygen atoms in total. The van der Waals surface area contributed by atoms with E-state index in [0.717, 1.165) is 24.1 Å². The first-order valence-corrected chi connectivity index (χ1v) is 8.17. The molecule has 2 aliphatic heterocycles. The van der Waals surface area contributed by atoms with Gasteiger partial charge in [-0.15, -0.1) is 0 Å². The monoisotopic (exact) mass is 344 g/mol. The van der Waals surface area contributed by atoms with Crippen molar-refractivity contribution in [3.63, 3.8) is 0 Å². The number of halogens is 1. The van der Waals surface area contributed by atoms with Crippen molar-refractivity contribution in [2.75, 3.05) is 20.3 Å². The second-order valence-corrected chi connectivity index (χ2v) is 6.52. The summed E-state index contributed by atoms with van der Waals surface area (Å²) in [7, 11) is 1.00. The van der Waals surface area contributed by atoms with Gasteiger partial charge in [0.2, 0.25) is 0 Å². The lowest BCUT2D eigenvalue weighted by Gasteiger charge is -2.29. The van der Waals surface area contributed by atoms with Gasteiger partial charge in [-0.3, -0.25) is 0 Å². The summed E-state index contributed by atoms with van der Waals surface area (Å²) in [4.78, 5) is 0. The number of hydrogen-bond donors (Lipinski definition) is 2. The molecule has 23 heavy (non-hydrogen) atoms. The lowest BCUT2D eigenvalue weighted by atomic mass is 9.93. The predicted octanol–water partition coefficient (Wildman–Crippen LogP) is 2.46. The van der Waals surface area contributed by atoms with E-state index in [9.17, 15) is 5.11 Å². The molecule has 0 bridgehead atoms. The third-order valence-electron chi connectivity index (χ3n) is 4.05. The van der Waals surface area contributed by atoms with Gasteiger partial charge < -0.3 is 24.4 Å². The highest BCUT2D eigenvalue weighted by Gasteiger charge is 2.42. The number of aliphatic hydroxyl groups excluding tert-OH is 2. The number of fused-ring (bicyclic) bond motifs is 1. The van der Waals surface area contributed by atoms with E-state index in [-0.39, 0.29) is 24.9 Å². The first-order chi connectivity index (χ1) is 11.0. The maximum absolute atomic E-state index is 9.47. The van der Waals surface area contributed by atoms with Crippen molar-refractivity contribution in [1.82, 2.24) is 0 Å². The number of aliphatic hydroxyl groups is 2. The summed E-state index contributed by atoms with van der Waals surface area (Å²) in [6, 6.07) is 5.92. The minimum atomic E-state index is -0.657. The first-order valence-electron chi connectivity index (χ1n) is 7.79. The summed E-state index contributed by atoms with van der Waals surface area (Å²) in [5.41, 5.74) is 2.40. The summed E-state index contributed by atoms with van der Waals surface area (Å²) < 4.78 is 17.5. The molecule has 130 valence electrons. The van der Waals surface area contributed by atoms with Crippen LogP contribution in [-0.4, -0.2) is 48.5 Å². The highest BCUT2D eigenvalue weighted by molar-refractivity contribution is 6.30. The van der Waals surface area contributed by atoms with E-state index in [2.05, 4.69) is 0 Å². The van der Waals surface area contributed by atoms with E-state index in [1.165, 1.54) is 5.56 Å². The van der Waals surface area contributed by atoms with Gasteiger partial charge in [-0.25, -0.2) is 0 Å². The highest BCUT2D eigenvalue weighted by atomic mass is 35.5. The zero-order valence-corrected chi connectivity index (χ0v) is 14.5. The van der Waals surface area contributed by atoms with Gasteiger partial charge in [0.1, 0.15) is 6.10 Å². The lowest BCUT2D eigenvalue weighted by molar-refractivity contribution is -0.151. The van der Waals surface area contributed by atoms with Crippen molar-refractivity contribution in [1.29, 1.82) is 0 Å². The van der Waals surface area contributed by atoms with Crippen LogP contribution >= 0.6 is 11.6 Å². The van der Waals surface area contributed by atoms with Gasteiger partial charge in [-0.05, 0) is 43.5 Å². The van der Waals surface area contributed by atoms with Crippen LogP contribution in [0.1, 0.15) is 37.5 Å². The molecule has 0 aromatic heterocycles. The topological polar surface area (TPSA) is 68.2 Å². The molecule has 2 aliphatic rings. The Bertz CT molecular complexity index is 520. The molecule has 3 rings (SSSR count). The fraction of sp³-hybridized carbons (Fsp3) is 0.647. The van der Waals surface area contributed by atoms with Crippen molar-refractivity contribution < 1.29 is 24.4 Å². The first kappa shape index (κ1) is 18.6. The molecule has 1 aromatic carbocycles. The Morgan fingerprint density at radius 1 is 1.22 bits per heavy atom. The Labute approximate surface area is 142 Å². The van der Waals surface area contributed by atoms with Crippen LogP contribution in [0.15, 0.2) is 18.2 Å². The van der Waals surface area contributed by atoms with E-state index in [1.54, 1.807) is 0 Å². The summed E-state index contributed by atoms with van der Waals surface area (Å²) >= 11 is 6.06. The van der Waals surface area contributed by atoms with Crippen LogP contribution in [0.25, 0.3) is 0 Å². The van der Waals surface area contributed by atoms with Crippen molar-refractivity contribution in [3.8, 4) is 0 Å². The van der Waals surface area contributed by atoms with Crippen LogP contribution in [0.3, 0.4) is 0 Å². The summed E-state index contributed by atoms with van der Waals surface area (Å²) in [6.45, 7) is 4.36. The van der Waals surface area contributed by atoms with Crippen LogP contribution < -0.4 is 0 Å². The zero-order chi connectivity index (χ0) is 17.0. The molecule has 1 aromatic rings. The van der Waals surface area contributed by atoms with Gasteiger partial charge in [0, 0.05) is 18.6 Å². The molecule has 3 unspecified atom stereocenters. The second kappa shape index (κ2) is 7.92. The van der Waals surface area contributed by atoms with E-state index in [0.29, 0.717) is 13.0 Å². The van der Waals surface area contributed by atoms with Crippen molar-refractivity contribution in [3.05, 3.63) is 34.3 Å². The molecule has 6 heteroatoms. The molecular weight excluding hydrogens is 320 g/mol. The molecule has 0 saturated carbocycles. The van der Waals surface area contributed by atoms with E-state index < -0.39 is 5.79 Å². The number of hydrogen-bond acceptors (Lipinski definition) is 5. The Balaban J connectivity index is 0.000000924. The molecule has 3 atom stereocenters. The van der Waals surface area contributed by atoms with Gasteiger partial charge in [0.25, 0.3) is 0 Å². The molecule has 1 saturated heterocycles. The maximum atomic E-state index is 9.47. The van der Waals surface area contributed by atoms with Gasteiger partial charge >= 0.3 is 0 Å². The fourth-order valence-electron chi connectivity index (χ4n) is 3.18. The van der Waals surface area contributed by atoms with Crippen LogP contribution in [0.2, 0.25) is 5.02 Å². The number of benzene rings is 1. The van der Waals surface area contributed by atoms with Crippen LogP contribution in [0.5, 0.6) is 0 Å². The molecule has 0 spiro atoms. The van der Waals surface area contributed by atoms with Crippen molar-refractivity contribution in [2.24, 2.45) is 0 Å². The van der Waals surface area contributed by atoms with E-state index in [1.807, 2.05) is 32.0 Å². The number of rotatable bonds is 3. The second-order valence-electron chi connectivity index (χ2n) is 6.08. The van der Waals surface area contributed by atoms with Crippen molar-refractivity contribution in [2.45, 2.75) is 50.8 Å². The largest absolute Gasteiger partial charge is 0.400 e. The van der Waals surface area contributed by atoms with Crippen LogP contribution in [-0.2, 0) is 20.6 Å². The SMILES string of the molecule is CC1(C)OC(CO)C(CC2OCCc3cc(Cl)ccc32)O1.CO. The van der Waals surface area contributed by atoms with E-state index >= 15 is 0 Å². The van der Waals surface area contributed by atoms with Gasteiger partial charge in [-0.1, -0.05) is 17.7 Å². The minimum absolute atomic E-state index is 0.0393. The summed E-state index contributed by atoms with van der Waals surface area (Å²) in [6.07, 6.45) is 1.03. The molecule has 0 aliphatic carbocycles. The zero-order valence-electron chi connectivity index (χ0n) is 13.8. The smallest absolute Gasteiger partial charge is 0.163 e. The Morgan fingerprint density at radius 3 is 2.61 bits per heavy atom. The van der Waals surface area contributed by atoms with E-state index in [4.69, 9.17) is 30.9 Å².